The second-order valence-electron chi connectivity index (χ2n) is 6.51. The van der Waals surface area contributed by atoms with Gasteiger partial charge in [-0.05, 0) is 61.9 Å². The average molecular weight is 433 g/mol. The third-order valence-electron chi connectivity index (χ3n) is 4.74. The van der Waals surface area contributed by atoms with Crippen LogP contribution in [0.25, 0.3) is 10.2 Å². The Kier molecular flexibility index (Phi) is 4.36. The van der Waals surface area contributed by atoms with E-state index in [0.29, 0.717) is 15.9 Å². The predicted molar refractivity (Wildman–Crippen MR) is 108 cm³/mol. The number of thiophene rings is 1. The fourth-order valence-electron chi connectivity index (χ4n) is 3.43. The monoisotopic (exact) mass is 432 g/mol. The van der Waals surface area contributed by atoms with Crippen molar-refractivity contribution in [1.29, 1.82) is 0 Å². The summed E-state index contributed by atoms with van der Waals surface area (Å²) in [5.74, 6) is -0.822. The number of hydrogen-bond donors (Lipinski definition) is 3. The number of carbonyl (C=O) groups is 1. The van der Waals surface area contributed by atoms with Crippen LogP contribution < -0.4 is 10.9 Å². The molecule has 2 heterocycles. The van der Waals surface area contributed by atoms with Crippen molar-refractivity contribution in [2.24, 2.45) is 0 Å². The third-order valence-corrected chi connectivity index (χ3v) is 6.84. The zero-order valence-electron chi connectivity index (χ0n) is 14.1. The van der Waals surface area contributed by atoms with Crippen molar-refractivity contribution >= 4 is 49.1 Å². The Morgan fingerprint density at radius 2 is 2.08 bits per heavy atom. The highest BCUT2D eigenvalue weighted by atomic mass is 79.9. The molecule has 7 heteroatoms. The first-order valence-electron chi connectivity index (χ1n) is 8.42. The van der Waals surface area contributed by atoms with Crippen LogP contribution in [0.15, 0.2) is 27.5 Å². The van der Waals surface area contributed by atoms with Gasteiger partial charge in [-0.1, -0.05) is 15.9 Å². The Bertz CT molecular complexity index is 1100. The number of anilines is 1. The molecule has 0 saturated carbocycles. The normalized spacial score (nSPS) is 13.6. The first kappa shape index (κ1) is 17.3. The van der Waals surface area contributed by atoms with Crippen LogP contribution in [0.3, 0.4) is 0 Å². The van der Waals surface area contributed by atoms with E-state index in [1.54, 1.807) is 12.1 Å². The topological polar surface area (TPSA) is 82.2 Å². The standard InChI is InChI=1S/C19H17BrN2O3S/c1-9-8-10(6-7-12(9)20)21-17(24)15-16(23)14-11-4-2-3-5-13(11)26-19(14)22-18(15)25/h6-8H,2-5H2,1H3,(H,21,24)(H2,22,23,25). The number of benzene rings is 1. The molecule has 26 heavy (non-hydrogen) atoms. The molecule has 3 aromatic rings. The molecule has 2 aromatic heterocycles. The van der Waals surface area contributed by atoms with Crippen LogP contribution in [0.4, 0.5) is 5.69 Å². The van der Waals surface area contributed by atoms with Gasteiger partial charge in [-0.25, -0.2) is 0 Å². The number of halogens is 1. The molecule has 1 amide bonds. The highest BCUT2D eigenvalue weighted by molar-refractivity contribution is 9.10. The molecule has 0 radical (unpaired) electrons. The van der Waals surface area contributed by atoms with Crippen LogP contribution in [0, 0.1) is 6.92 Å². The summed E-state index contributed by atoms with van der Waals surface area (Å²) in [6.45, 7) is 1.91. The maximum absolute atomic E-state index is 12.7. The van der Waals surface area contributed by atoms with Crippen LogP contribution in [0.1, 0.15) is 39.2 Å². The van der Waals surface area contributed by atoms with E-state index < -0.39 is 11.5 Å². The van der Waals surface area contributed by atoms with Gasteiger partial charge in [0, 0.05) is 15.0 Å². The lowest BCUT2D eigenvalue weighted by Crippen LogP contribution is -2.23. The summed E-state index contributed by atoms with van der Waals surface area (Å²) in [5, 5.41) is 14.1. The zero-order chi connectivity index (χ0) is 18.4. The van der Waals surface area contributed by atoms with Crippen molar-refractivity contribution < 1.29 is 9.90 Å². The average Bonchev–Trinajstić information content (AvgIpc) is 2.96. The van der Waals surface area contributed by atoms with Crippen molar-refractivity contribution in [2.75, 3.05) is 5.32 Å². The Hall–Kier alpha value is -2.12. The number of amides is 1. The molecule has 1 aromatic carbocycles. The number of hydrogen-bond acceptors (Lipinski definition) is 4. The number of H-pyrrole nitrogens is 1. The van der Waals surface area contributed by atoms with E-state index in [-0.39, 0.29) is 11.3 Å². The second kappa shape index (κ2) is 6.55. The molecule has 5 nitrogen and oxygen atoms in total. The van der Waals surface area contributed by atoms with Crippen molar-refractivity contribution in [2.45, 2.75) is 32.6 Å². The van der Waals surface area contributed by atoms with Crippen molar-refractivity contribution in [3.8, 4) is 5.75 Å². The zero-order valence-corrected chi connectivity index (χ0v) is 16.5. The van der Waals surface area contributed by atoms with Crippen molar-refractivity contribution in [3.05, 3.63) is 54.6 Å². The fraction of sp³-hybridized carbons (Fsp3) is 0.263. The Balaban J connectivity index is 1.79. The summed E-state index contributed by atoms with van der Waals surface area (Å²) in [6, 6.07) is 5.37. The molecule has 0 aliphatic heterocycles. The van der Waals surface area contributed by atoms with Crippen LogP contribution in [0.5, 0.6) is 5.75 Å². The van der Waals surface area contributed by atoms with Crippen LogP contribution >= 0.6 is 27.3 Å². The minimum atomic E-state index is -0.608. The predicted octanol–water partition coefficient (Wildman–Crippen LogP) is 4.50. The molecule has 0 bridgehead atoms. The molecule has 4 rings (SSSR count). The molecule has 0 saturated heterocycles. The van der Waals surface area contributed by atoms with Gasteiger partial charge in [-0.2, -0.15) is 0 Å². The van der Waals surface area contributed by atoms with Gasteiger partial charge in [0.1, 0.15) is 16.1 Å². The number of aromatic nitrogens is 1. The summed E-state index contributed by atoms with van der Waals surface area (Å²) in [4.78, 5) is 29.7. The van der Waals surface area contributed by atoms with Gasteiger partial charge in [0.15, 0.2) is 0 Å². The van der Waals surface area contributed by atoms with Gasteiger partial charge in [-0.3, -0.25) is 9.59 Å². The van der Waals surface area contributed by atoms with Crippen LogP contribution in [0.2, 0.25) is 0 Å². The SMILES string of the molecule is Cc1cc(NC(=O)c2c(O)c3c4c(sc3[nH]c2=O)CCCC4)ccc1Br. The van der Waals surface area contributed by atoms with E-state index in [4.69, 9.17) is 0 Å². The highest BCUT2D eigenvalue weighted by Gasteiger charge is 2.25. The molecular weight excluding hydrogens is 416 g/mol. The maximum Gasteiger partial charge on any atom is 0.265 e. The third kappa shape index (κ3) is 2.85. The van der Waals surface area contributed by atoms with Crippen LogP contribution in [-0.4, -0.2) is 16.0 Å². The minimum Gasteiger partial charge on any atom is -0.506 e. The highest BCUT2D eigenvalue weighted by Crippen LogP contribution is 2.40. The Morgan fingerprint density at radius 3 is 2.85 bits per heavy atom. The molecule has 0 spiro atoms. The number of pyridine rings is 1. The largest absolute Gasteiger partial charge is 0.506 e. The van der Waals surface area contributed by atoms with E-state index in [1.807, 2.05) is 13.0 Å². The van der Waals surface area contributed by atoms with Crippen LogP contribution in [-0.2, 0) is 12.8 Å². The van der Waals surface area contributed by atoms with Gasteiger partial charge in [0.25, 0.3) is 11.5 Å². The van der Waals surface area contributed by atoms with Gasteiger partial charge in [0.05, 0.1) is 5.39 Å². The molecular formula is C19H17BrN2O3S. The fourth-order valence-corrected chi connectivity index (χ4v) is 4.96. The van der Waals surface area contributed by atoms with Gasteiger partial charge in [0.2, 0.25) is 0 Å². The van der Waals surface area contributed by atoms with Gasteiger partial charge >= 0.3 is 0 Å². The number of nitrogens with one attached hydrogen (secondary N) is 2. The summed E-state index contributed by atoms with van der Waals surface area (Å²) < 4.78 is 0.933. The van der Waals surface area contributed by atoms with E-state index in [9.17, 15) is 14.7 Å². The smallest absolute Gasteiger partial charge is 0.265 e. The lowest BCUT2D eigenvalue weighted by molar-refractivity contribution is 0.102. The number of carbonyl (C=O) groups excluding carboxylic acids is 1. The maximum atomic E-state index is 12.7. The molecule has 0 atom stereocenters. The number of aromatic amines is 1. The summed E-state index contributed by atoms with van der Waals surface area (Å²) in [7, 11) is 0. The summed E-state index contributed by atoms with van der Waals surface area (Å²) in [5.41, 5.74) is 1.80. The molecule has 0 fully saturated rings. The van der Waals surface area contributed by atoms with Gasteiger partial charge in [-0.15, -0.1) is 11.3 Å². The summed E-state index contributed by atoms with van der Waals surface area (Å²) in [6.07, 6.45) is 3.98. The first-order valence-corrected chi connectivity index (χ1v) is 10.0. The number of aromatic hydroxyl groups is 1. The Morgan fingerprint density at radius 1 is 1.31 bits per heavy atom. The van der Waals surface area contributed by atoms with E-state index in [0.717, 1.165) is 41.3 Å². The first-order chi connectivity index (χ1) is 12.5. The lowest BCUT2D eigenvalue weighted by atomic mass is 9.96. The van der Waals surface area contributed by atoms with E-state index in [2.05, 4.69) is 26.2 Å². The number of fused-ring (bicyclic) bond motifs is 3. The number of rotatable bonds is 2. The molecule has 1 aliphatic carbocycles. The number of aryl methyl sites for hydroxylation is 3. The van der Waals surface area contributed by atoms with Gasteiger partial charge < -0.3 is 15.4 Å². The van der Waals surface area contributed by atoms with Crippen molar-refractivity contribution in [3.63, 3.8) is 0 Å². The second-order valence-corrected chi connectivity index (χ2v) is 8.47. The minimum absolute atomic E-state index is 0.213. The molecule has 1 aliphatic rings. The molecule has 0 unspecified atom stereocenters. The van der Waals surface area contributed by atoms with Crippen molar-refractivity contribution in [1.82, 2.24) is 4.98 Å². The quantitative estimate of drug-likeness (QED) is 0.557. The Labute approximate surface area is 162 Å². The molecule has 3 N–H and O–H groups in total. The summed E-state index contributed by atoms with van der Waals surface area (Å²) >= 11 is 4.92. The van der Waals surface area contributed by atoms with E-state index >= 15 is 0 Å². The lowest BCUT2D eigenvalue weighted by Gasteiger charge is -2.12. The van der Waals surface area contributed by atoms with E-state index in [1.165, 1.54) is 16.2 Å². The molecule has 134 valence electrons.